The normalized spacial score (nSPS) is 21.5. The lowest BCUT2D eigenvalue weighted by Crippen LogP contribution is -2.38. The maximum atomic E-state index is 12.7. The molecule has 1 aromatic heterocycles. The van der Waals surface area contributed by atoms with Crippen LogP contribution in [0.5, 0.6) is 0 Å². The summed E-state index contributed by atoms with van der Waals surface area (Å²) in [6, 6.07) is 0. The SMILES string of the molecule is CC(=O)N1CCC(c2ncc3c(n2)CCN(C(=O)CC2CCCCC2)C3)CC1. The van der Waals surface area contributed by atoms with Gasteiger partial charge in [0.25, 0.3) is 0 Å². The number of carbonyl (C=O) groups excluding carboxylic acids is 2. The van der Waals surface area contributed by atoms with E-state index in [0.29, 0.717) is 30.7 Å². The molecule has 28 heavy (non-hydrogen) atoms. The standard InChI is InChI=1S/C22H32N4O2/c1-16(27)25-10-7-18(8-11-25)22-23-14-19-15-26(12-9-20(19)24-22)21(28)13-17-5-3-2-4-6-17/h14,17-18H,2-13,15H2,1H3. The number of rotatable bonds is 3. The highest BCUT2D eigenvalue weighted by molar-refractivity contribution is 5.76. The number of aromatic nitrogens is 2. The molecule has 6 nitrogen and oxygen atoms in total. The van der Waals surface area contributed by atoms with Crippen LogP contribution in [0.25, 0.3) is 0 Å². The first-order valence-corrected chi connectivity index (χ1v) is 11.0. The van der Waals surface area contributed by atoms with Crippen LogP contribution in [-0.2, 0) is 22.6 Å². The first kappa shape index (κ1) is 19.3. The Labute approximate surface area is 167 Å². The molecule has 152 valence electrons. The maximum Gasteiger partial charge on any atom is 0.223 e. The van der Waals surface area contributed by atoms with Crippen molar-refractivity contribution in [2.75, 3.05) is 19.6 Å². The van der Waals surface area contributed by atoms with Crippen molar-refractivity contribution in [2.24, 2.45) is 5.92 Å². The minimum Gasteiger partial charge on any atom is -0.343 e. The average molecular weight is 385 g/mol. The summed E-state index contributed by atoms with van der Waals surface area (Å²) in [5.74, 6) is 2.30. The number of nitrogens with zero attached hydrogens (tertiary/aromatic N) is 4. The Bertz CT molecular complexity index is 721. The molecular formula is C22H32N4O2. The molecule has 3 aliphatic rings. The van der Waals surface area contributed by atoms with Gasteiger partial charge in [-0.05, 0) is 31.6 Å². The third kappa shape index (κ3) is 4.36. The predicted octanol–water partition coefficient (Wildman–Crippen LogP) is 3.06. The third-order valence-electron chi connectivity index (χ3n) is 6.80. The first-order chi connectivity index (χ1) is 13.6. The van der Waals surface area contributed by atoms with Crippen molar-refractivity contribution < 1.29 is 9.59 Å². The van der Waals surface area contributed by atoms with Gasteiger partial charge in [-0.3, -0.25) is 9.59 Å². The topological polar surface area (TPSA) is 66.4 Å². The smallest absolute Gasteiger partial charge is 0.223 e. The van der Waals surface area contributed by atoms with Crippen molar-refractivity contribution in [1.82, 2.24) is 19.8 Å². The van der Waals surface area contributed by atoms with E-state index in [1.807, 2.05) is 16.0 Å². The summed E-state index contributed by atoms with van der Waals surface area (Å²) in [5, 5.41) is 0. The monoisotopic (exact) mass is 384 g/mol. The van der Waals surface area contributed by atoms with Crippen molar-refractivity contribution >= 4 is 11.8 Å². The molecule has 1 aromatic rings. The fourth-order valence-electron chi connectivity index (χ4n) is 4.96. The van der Waals surface area contributed by atoms with Crippen LogP contribution in [0.1, 0.15) is 81.3 Å². The van der Waals surface area contributed by atoms with Crippen molar-refractivity contribution in [3.05, 3.63) is 23.3 Å². The Morgan fingerprint density at radius 2 is 1.79 bits per heavy atom. The second-order valence-electron chi connectivity index (χ2n) is 8.75. The summed E-state index contributed by atoms with van der Waals surface area (Å²) in [4.78, 5) is 37.7. The molecule has 2 amide bonds. The molecule has 0 radical (unpaired) electrons. The number of carbonyl (C=O) groups is 2. The highest BCUT2D eigenvalue weighted by Crippen LogP contribution is 2.29. The van der Waals surface area contributed by atoms with E-state index >= 15 is 0 Å². The van der Waals surface area contributed by atoms with Gasteiger partial charge < -0.3 is 9.80 Å². The molecular weight excluding hydrogens is 352 g/mol. The summed E-state index contributed by atoms with van der Waals surface area (Å²) in [6.07, 6.45) is 11.7. The summed E-state index contributed by atoms with van der Waals surface area (Å²) >= 11 is 0. The third-order valence-corrected chi connectivity index (χ3v) is 6.80. The fraction of sp³-hybridized carbons (Fsp3) is 0.727. The minimum absolute atomic E-state index is 0.155. The lowest BCUT2D eigenvalue weighted by molar-refractivity contribution is -0.133. The van der Waals surface area contributed by atoms with Gasteiger partial charge >= 0.3 is 0 Å². The molecule has 3 heterocycles. The molecule has 1 saturated heterocycles. The molecule has 0 bridgehead atoms. The van der Waals surface area contributed by atoms with Crippen LogP contribution >= 0.6 is 0 Å². The highest BCUT2D eigenvalue weighted by Gasteiger charge is 2.28. The van der Waals surface area contributed by atoms with Crippen LogP contribution in [-0.4, -0.2) is 51.2 Å². The van der Waals surface area contributed by atoms with E-state index in [1.54, 1.807) is 6.92 Å². The van der Waals surface area contributed by atoms with Crippen LogP contribution < -0.4 is 0 Å². The largest absolute Gasteiger partial charge is 0.343 e. The lowest BCUT2D eigenvalue weighted by Gasteiger charge is -2.32. The average Bonchev–Trinajstić information content (AvgIpc) is 2.73. The Morgan fingerprint density at radius 1 is 1.04 bits per heavy atom. The van der Waals surface area contributed by atoms with E-state index in [9.17, 15) is 9.59 Å². The molecule has 4 rings (SSSR count). The van der Waals surface area contributed by atoms with Gasteiger partial charge in [-0.15, -0.1) is 0 Å². The summed E-state index contributed by atoms with van der Waals surface area (Å²) in [6.45, 7) is 4.66. The number of piperidine rings is 1. The zero-order valence-corrected chi connectivity index (χ0v) is 17.0. The van der Waals surface area contributed by atoms with E-state index in [2.05, 4.69) is 4.98 Å². The van der Waals surface area contributed by atoms with Gasteiger partial charge in [0.15, 0.2) is 0 Å². The van der Waals surface area contributed by atoms with E-state index in [0.717, 1.165) is 56.0 Å². The molecule has 2 fully saturated rings. The van der Waals surface area contributed by atoms with Crippen LogP contribution in [0.3, 0.4) is 0 Å². The fourth-order valence-corrected chi connectivity index (χ4v) is 4.96. The second kappa shape index (κ2) is 8.58. The molecule has 1 saturated carbocycles. The molecule has 0 N–H and O–H groups in total. The summed E-state index contributed by atoms with van der Waals surface area (Å²) < 4.78 is 0. The van der Waals surface area contributed by atoms with E-state index in [-0.39, 0.29) is 5.91 Å². The molecule has 0 atom stereocenters. The molecule has 2 aliphatic heterocycles. The Morgan fingerprint density at radius 3 is 2.50 bits per heavy atom. The quantitative estimate of drug-likeness (QED) is 0.803. The Balaban J connectivity index is 1.35. The molecule has 0 unspecified atom stereocenters. The minimum atomic E-state index is 0.155. The van der Waals surface area contributed by atoms with Gasteiger partial charge in [-0.25, -0.2) is 9.97 Å². The van der Waals surface area contributed by atoms with Crippen LogP contribution in [0.15, 0.2) is 6.20 Å². The zero-order chi connectivity index (χ0) is 19.5. The van der Waals surface area contributed by atoms with Crippen LogP contribution in [0.4, 0.5) is 0 Å². The summed E-state index contributed by atoms with van der Waals surface area (Å²) in [7, 11) is 0. The Hall–Kier alpha value is -1.98. The van der Waals surface area contributed by atoms with Crippen molar-refractivity contribution in [2.45, 2.75) is 77.2 Å². The Kier molecular flexibility index (Phi) is 5.93. The van der Waals surface area contributed by atoms with E-state index in [1.165, 1.54) is 32.1 Å². The first-order valence-electron chi connectivity index (χ1n) is 11.0. The molecule has 0 aromatic carbocycles. The lowest BCUT2D eigenvalue weighted by atomic mass is 9.86. The van der Waals surface area contributed by atoms with Gasteiger partial charge in [0.2, 0.25) is 11.8 Å². The summed E-state index contributed by atoms with van der Waals surface area (Å²) in [5.41, 5.74) is 2.22. The number of hydrogen-bond acceptors (Lipinski definition) is 4. The van der Waals surface area contributed by atoms with Crippen molar-refractivity contribution in [3.8, 4) is 0 Å². The van der Waals surface area contributed by atoms with Crippen molar-refractivity contribution in [3.63, 3.8) is 0 Å². The van der Waals surface area contributed by atoms with E-state index < -0.39 is 0 Å². The van der Waals surface area contributed by atoms with Gasteiger partial charge in [-0.1, -0.05) is 19.3 Å². The zero-order valence-electron chi connectivity index (χ0n) is 17.0. The number of fused-ring (bicyclic) bond motifs is 1. The van der Waals surface area contributed by atoms with Gasteiger partial charge in [0, 0.05) is 63.6 Å². The number of likely N-dealkylation sites (tertiary alicyclic amines) is 1. The second-order valence-corrected chi connectivity index (χ2v) is 8.75. The molecule has 0 spiro atoms. The van der Waals surface area contributed by atoms with Crippen LogP contribution in [0, 0.1) is 5.92 Å². The van der Waals surface area contributed by atoms with Crippen LogP contribution in [0.2, 0.25) is 0 Å². The van der Waals surface area contributed by atoms with E-state index in [4.69, 9.17) is 4.98 Å². The number of amides is 2. The predicted molar refractivity (Wildman–Crippen MR) is 107 cm³/mol. The van der Waals surface area contributed by atoms with Gasteiger partial charge in [0.05, 0.1) is 5.69 Å². The van der Waals surface area contributed by atoms with Gasteiger partial charge in [-0.2, -0.15) is 0 Å². The molecule has 6 heteroatoms. The highest BCUT2D eigenvalue weighted by atomic mass is 16.2. The number of hydrogen-bond donors (Lipinski definition) is 0. The van der Waals surface area contributed by atoms with Crippen molar-refractivity contribution in [1.29, 1.82) is 0 Å². The maximum absolute atomic E-state index is 12.7. The van der Waals surface area contributed by atoms with Gasteiger partial charge in [0.1, 0.15) is 5.82 Å². The molecule has 1 aliphatic carbocycles.